The van der Waals surface area contributed by atoms with Crippen LogP contribution in [0.25, 0.3) is 0 Å². The predicted octanol–water partition coefficient (Wildman–Crippen LogP) is 1.55. The molecular formula is C12H15NO4S. The number of benzene rings is 1. The summed E-state index contributed by atoms with van der Waals surface area (Å²) in [4.78, 5) is 11.0. The molecule has 0 saturated carbocycles. The zero-order chi connectivity index (χ0) is 13.6. The first-order chi connectivity index (χ1) is 8.41. The predicted molar refractivity (Wildman–Crippen MR) is 69.6 cm³/mol. The van der Waals surface area contributed by atoms with Gasteiger partial charge in [-0.15, -0.1) is 0 Å². The topological polar surface area (TPSA) is 72.5 Å². The van der Waals surface area contributed by atoms with Crippen LogP contribution in [0.3, 0.4) is 0 Å². The molecule has 98 valence electrons. The number of sulfonamides is 1. The van der Waals surface area contributed by atoms with Gasteiger partial charge in [-0.2, -0.15) is 0 Å². The van der Waals surface area contributed by atoms with Crippen LogP contribution in [0.4, 0.5) is 5.69 Å². The molecule has 1 N–H and O–H groups in total. The van der Waals surface area contributed by atoms with Crippen molar-refractivity contribution >= 4 is 21.7 Å². The van der Waals surface area contributed by atoms with E-state index < -0.39 is 16.0 Å². The van der Waals surface area contributed by atoms with E-state index in [2.05, 4.69) is 11.3 Å². The zero-order valence-corrected chi connectivity index (χ0v) is 10.9. The number of nitrogens with one attached hydrogen (secondary N) is 1. The minimum absolute atomic E-state index is 0.201. The number of rotatable bonds is 6. The molecule has 18 heavy (non-hydrogen) atoms. The highest BCUT2D eigenvalue weighted by Gasteiger charge is 2.12. The van der Waals surface area contributed by atoms with E-state index in [0.717, 1.165) is 0 Å². The Hall–Kier alpha value is -1.82. The number of para-hydroxylation sites is 1. The molecule has 0 atom stereocenters. The van der Waals surface area contributed by atoms with Gasteiger partial charge in [0.2, 0.25) is 10.0 Å². The number of hydrogen-bond donors (Lipinski definition) is 1. The summed E-state index contributed by atoms with van der Waals surface area (Å²) in [5, 5.41) is 0. The lowest BCUT2D eigenvalue weighted by Gasteiger charge is -2.08. The summed E-state index contributed by atoms with van der Waals surface area (Å²) in [6.45, 7) is 4.70. The lowest BCUT2D eigenvalue weighted by Crippen LogP contribution is -2.21. The van der Waals surface area contributed by atoms with Crippen molar-refractivity contribution in [3.63, 3.8) is 0 Å². The van der Waals surface area contributed by atoms with Gasteiger partial charge in [0.1, 0.15) is 12.4 Å². The molecule has 0 aliphatic heterocycles. The van der Waals surface area contributed by atoms with Crippen molar-refractivity contribution < 1.29 is 17.9 Å². The summed E-state index contributed by atoms with van der Waals surface area (Å²) in [5.74, 6) is -0.883. The standard InChI is InChI=1S/C12H15NO4S/c1-10(2)12(14)17-8-9-18(15,16)13-11-6-4-3-5-7-11/h3-7,13H,1,8-9H2,2H3. The molecule has 0 fully saturated rings. The smallest absolute Gasteiger partial charge is 0.333 e. The van der Waals surface area contributed by atoms with Crippen LogP contribution in [0.15, 0.2) is 42.5 Å². The van der Waals surface area contributed by atoms with E-state index in [1.165, 1.54) is 6.92 Å². The summed E-state index contributed by atoms with van der Waals surface area (Å²) < 4.78 is 30.4. The van der Waals surface area contributed by atoms with E-state index in [1.807, 2.05) is 0 Å². The van der Waals surface area contributed by atoms with Gasteiger partial charge in [0.15, 0.2) is 0 Å². The van der Waals surface area contributed by atoms with E-state index in [4.69, 9.17) is 4.74 Å². The van der Waals surface area contributed by atoms with E-state index in [-0.39, 0.29) is 17.9 Å². The van der Waals surface area contributed by atoms with Crippen LogP contribution in [-0.2, 0) is 19.6 Å². The Morgan fingerprint density at radius 2 is 1.94 bits per heavy atom. The fraction of sp³-hybridized carbons (Fsp3) is 0.250. The summed E-state index contributed by atoms with van der Waals surface area (Å²) >= 11 is 0. The first-order valence-electron chi connectivity index (χ1n) is 5.29. The van der Waals surface area contributed by atoms with E-state index in [0.29, 0.717) is 5.69 Å². The third kappa shape index (κ3) is 5.01. The van der Waals surface area contributed by atoms with E-state index in [1.54, 1.807) is 30.3 Å². The molecule has 1 rings (SSSR count). The lowest BCUT2D eigenvalue weighted by atomic mass is 10.3. The second kappa shape index (κ2) is 6.20. The molecule has 0 unspecified atom stereocenters. The lowest BCUT2D eigenvalue weighted by molar-refractivity contribution is -0.138. The maximum absolute atomic E-state index is 11.6. The van der Waals surface area contributed by atoms with Crippen LogP contribution >= 0.6 is 0 Å². The first-order valence-corrected chi connectivity index (χ1v) is 6.94. The molecule has 5 nitrogen and oxygen atoms in total. The quantitative estimate of drug-likeness (QED) is 0.628. The maximum atomic E-state index is 11.6. The van der Waals surface area contributed by atoms with E-state index in [9.17, 15) is 13.2 Å². The monoisotopic (exact) mass is 269 g/mol. The fourth-order valence-electron chi connectivity index (χ4n) is 1.10. The van der Waals surface area contributed by atoms with Gasteiger partial charge >= 0.3 is 5.97 Å². The number of ether oxygens (including phenoxy) is 1. The van der Waals surface area contributed by atoms with Gasteiger partial charge in [-0.1, -0.05) is 24.8 Å². The van der Waals surface area contributed by atoms with Crippen molar-refractivity contribution in [3.05, 3.63) is 42.5 Å². The van der Waals surface area contributed by atoms with Crippen LogP contribution in [0.2, 0.25) is 0 Å². The molecule has 0 aromatic heterocycles. The molecule has 1 aromatic rings. The van der Waals surface area contributed by atoms with Crippen LogP contribution in [0.1, 0.15) is 6.92 Å². The van der Waals surface area contributed by atoms with Crippen molar-refractivity contribution in [1.29, 1.82) is 0 Å². The average molecular weight is 269 g/mol. The van der Waals surface area contributed by atoms with Crippen LogP contribution in [0, 0.1) is 0 Å². The zero-order valence-electron chi connectivity index (χ0n) is 10.0. The largest absolute Gasteiger partial charge is 0.461 e. The number of esters is 1. The summed E-state index contributed by atoms with van der Waals surface area (Å²) in [5.41, 5.74) is 0.715. The van der Waals surface area contributed by atoms with Gasteiger partial charge < -0.3 is 4.74 Å². The van der Waals surface area contributed by atoms with Gasteiger partial charge in [-0.25, -0.2) is 13.2 Å². The van der Waals surface area contributed by atoms with E-state index >= 15 is 0 Å². The van der Waals surface area contributed by atoms with Crippen molar-refractivity contribution in [2.24, 2.45) is 0 Å². The van der Waals surface area contributed by atoms with Gasteiger partial charge in [-0.05, 0) is 19.1 Å². The van der Waals surface area contributed by atoms with Crippen molar-refractivity contribution in [2.75, 3.05) is 17.1 Å². The third-order valence-electron chi connectivity index (χ3n) is 1.98. The third-order valence-corrected chi connectivity index (χ3v) is 3.23. The number of carbonyl (C=O) groups is 1. The van der Waals surface area contributed by atoms with Gasteiger partial charge in [0, 0.05) is 11.3 Å². The Labute approximate surface area is 107 Å². The Morgan fingerprint density at radius 3 is 2.50 bits per heavy atom. The molecular weight excluding hydrogens is 254 g/mol. The van der Waals surface area contributed by atoms with Crippen LogP contribution < -0.4 is 4.72 Å². The highest BCUT2D eigenvalue weighted by Crippen LogP contribution is 2.07. The summed E-state index contributed by atoms with van der Waals surface area (Å²) in [7, 11) is -3.51. The van der Waals surface area contributed by atoms with Gasteiger partial charge in [0.25, 0.3) is 0 Å². The molecule has 0 amide bonds. The Balaban J connectivity index is 2.46. The van der Waals surface area contributed by atoms with Crippen molar-refractivity contribution in [2.45, 2.75) is 6.92 Å². The maximum Gasteiger partial charge on any atom is 0.333 e. The molecule has 0 heterocycles. The number of hydrogen-bond acceptors (Lipinski definition) is 4. The van der Waals surface area contributed by atoms with Crippen LogP contribution in [0.5, 0.6) is 0 Å². The van der Waals surface area contributed by atoms with Gasteiger partial charge in [-0.3, -0.25) is 4.72 Å². The highest BCUT2D eigenvalue weighted by atomic mass is 32.2. The van der Waals surface area contributed by atoms with Crippen molar-refractivity contribution in [1.82, 2.24) is 0 Å². The molecule has 0 saturated heterocycles. The first kappa shape index (κ1) is 14.2. The summed E-state index contributed by atoms with van der Waals surface area (Å²) in [6, 6.07) is 8.50. The molecule has 0 aliphatic carbocycles. The SMILES string of the molecule is C=C(C)C(=O)OCCS(=O)(=O)Nc1ccccc1. The molecule has 0 radical (unpaired) electrons. The highest BCUT2D eigenvalue weighted by molar-refractivity contribution is 7.92. The Bertz CT molecular complexity index is 522. The minimum Gasteiger partial charge on any atom is -0.461 e. The number of carbonyl (C=O) groups excluding carboxylic acids is 1. The Kier molecular flexibility index (Phi) is 4.91. The molecule has 0 spiro atoms. The second-order valence-electron chi connectivity index (χ2n) is 3.70. The molecule has 6 heteroatoms. The van der Waals surface area contributed by atoms with Crippen molar-refractivity contribution in [3.8, 4) is 0 Å². The number of anilines is 1. The second-order valence-corrected chi connectivity index (χ2v) is 5.55. The van der Waals surface area contributed by atoms with Gasteiger partial charge in [0.05, 0.1) is 0 Å². The van der Waals surface area contributed by atoms with Crippen LogP contribution in [-0.4, -0.2) is 26.7 Å². The summed E-state index contributed by atoms with van der Waals surface area (Å²) in [6.07, 6.45) is 0. The average Bonchev–Trinajstić information content (AvgIpc) is 2.29. The molecule has 0 aliphatic rings. The fourth-order valence-corrected chi connectivity index (χ4v) is 2.00. The molecule has 1 aromatic carbocycles. The minimum atomic E-state index is -3.51. The molecule has 0 bridgehead atoms. The normalized spacial score (nSPS) is 10.7. The Morgan fingerprint density at radius 1 is 1.33 bits per heavy atom.